The van der Waals surface area contributed by atoms with Crippen LogP contribution < -0.4 is 16.0 Å². The van der Waals surface area contributed by atoms with Crippen molar-refractivity contribution in [3.8, 4) is 0 Å². The van der Waals surface area contributed by atoms with E-state index >= 15 is 0 Å². The maximum absolute atomic E-state index is 12.7. The predicted octanol–water partition coefficient (Wildman–Crippen LogP) is 5.34. The van der Waals surface area contributed by atoms with Crippen molar-refractivity contribution in [2.24, 2.45) is 11.8 Å². The second kappa shape index (κ2) is 13.6. The van der Waals surface area contributed by atoms with Gasteiger partial charge in [-0.25, -0.2) is 0 Å². The van der Waals surface area contributed by atoms with Gasteiger partial charge in [0.2, 0.25) is 5.91 Å². The van der Waals surface area contributed by atoms with Gasteiger partial charge in [-0.2, -0.15) is 11.8 Å². The molecular formula is C28H45N3O2S. The molecule has 0 aliphatic rings. The molecule has 0 aromatic heterocycles. The molecule has 1 aromatic carbocycles. The largest absolute Gasteiger partial charge is 0.388 e. The topological polar surface area (TPSA) is 70.2 Å². The molecule has 0 aliphatic carbocycles. The molecule has 3 N–H and O–H groups in total. The summed E-state index contributed by atoms with van der Waals surface area (Å²) in [5.41, 5.74) is 2.30. The third-order valence-electron chi connectivity index (χ3n) is 4.86. The number of amides is 2. The molecule has 2 atom stereocenters. The molecule has 0 bridgehead atoms. The zero-order chi connectivity index (χ0) is 25.9. The molecule has 0 saturated heterocycles. The van der Waals surface area contributed by atoms with Gasteiger partial charge in [0.25, 0.3) is 5.91 Å². The lowest BCUT2D eigenvalue weighted by Gasteiger charge is -2.22. The highest BCUT2D eigenvalue weighted by Gasteiger charge is 2.19. The van der Waals surface area contributed by atoms with Crippen LogP contribution in [-0.4, -0.2) is 41.4 Å². The summed E-state index contributed by atoms with van der Waals surface area (Å²) in [5, 5.41) is 9.24. The van der Waals surface area contributed by atoms with Crippen molar-refractivity contribution < 1.29 is 9.59 Å². The van der Waals surface area contributed by atoms with Crippen LogP contribution in [0.1, 0.15) is 71.3 Å². The molecule has 6 heteroatoms. The summed E-state index contributed by atoms with van der Waals surface area (Å²) in [5.74, 6) is 2.13. The third-order valence-corrected chi connectivity index (χ3v) is 6.10. The molecule has 0 radical (unpaired) electrons. The van der Waals surface area contributed by atoms with Crippen molar-refractivity contribution in [1.29, 1.82) is 0 Å². The van der Waals surface area contributed by atoms with E-state index in [1.165, 1.54) is 0 Å². The van der Waals surface area contributed by atoms with Crippen LogP contribution in [0.4, 0.5) is 0 Å². The fourth-order valence-electron chi connectivity index (χ4n) is 3.33. The number of hydrogen-bond donors (Lipinski definition) is 3. The first-order valence-electron chi connectivity index (χ1n) is 12.1. The molecule has 34 heavy (non-hydrogen) atoms. The molecule has 0 saturated carbocycles. The fourth-order valence-corrected chi connectivity index (χ4v) is 4.21. The summed E-state index contributed by atoms with van der Waals surface area (Å²) < 4.78 is 0. The van der Waals surface area contributed by atoms with E-state index in [2.05, 4.69) is 35.0 Å². The lowest BCUT2D eigenvalue weighted by Crippen LogP contribution is -2.43. The molecule has 0 fully saturated rings. The Balaban J connectivity index is 2.58. The van der Waals surface area contributed by atoms with Gasteiger partial charge < -0.3 is 16.0 Å². The zero-order valence-corrected chi connectivity index (χ0v) is 23.4. The van der Waals surface area contributed by atoms with Gasteiger partial charge >= 0.3 is 0 Å². The number of hydrogen-bond acceptors (Lipinski definition) is 4. The molecular weight excluding hydrogens is 442 g/mol. The Hall–Kier alpha value is -2.21. The van der Waals surface area contributed by atoms with Gasteiger partial charge in [0.15, 0.2) is 0 Å². The second-order valence-electron chi connectivity index (χ2n) is 11.0. The Kier molecular flexibility index (Phi) is 11.9. The van der Waals surface area contributed by atoms with Gasteiger partial charge in [-0.1, -0.05) is 38.1 Å². The second-order valence-corrected chi connectivity index (χ2v) is 12.1. The van der Waals surface area contributed by atoms with Crippen LogP contribution in [0.3, 0.4) is 0 Å². The Labute approximate surface area is 211 Å². The number of likely N-dealkylation sites (N-methyl/N-ethyl adjacent to an activating group) is 1. The number of thioether (sulfide) groups is 1. The van der Waals surface area contributed by atoms with Crippen molar-refractivity contribution in [3.63, 3.8) is 0 Å². The van der Waals surface area contributed by atoms with E-state index in [9.17, 15) is 9.59 Å². The van der Waals surface area contributed by atoms with E-state index in [4.69, 9.17) is 0 Å². The smallest absolute Gasteiger partial charge is 0.251 e. The Morgan fingerprint density at radius 2 is 1.62 bits per heavy atom. The fraction of sp³-hybridized carbons (Fsp3) is 0.571. The first-order valence-corrected chi connectivity index (χ1v) is 13.2. The first-order chi connectivity index (χ1) is 15.7. The minimum Gasteiger partial charge on any atom is -0.388 e. The van der Waals surface area contributed by atoms with Crippen molar-refractivity contribution in [3.05, 3.63) is 59.3 Å². The highest BCUT2D eigenvalue weighted by atomic mass is 32.2. The number of allylic oxidation sites excluding steroid dienone is 1. The monoisotopic (exact) mass is 487 g/mol. The van der Waals surface area contributed by atoms with Crippen LogP contribution in [-0.2, 0) is 11.2 Å². The van der Waals surface area contributed by atoms with E-state index in [-0.39, 0.29) is 28.8 Å². The summed E-state index contributed by atoms with van der Waals surface area (Å²) in [6.07, 6.45) is 6.97. The highest BCUT2D eigenvalue weighted by molar-refractivity contribution is 7.99. The van der Waals surface area contributed by atoms with Crippen LogP contribution in [0.5, 0.6) is 0 Å². The summed E-state index contributed by atoms with van der Waals surface area (Å²) in [6, 6.07) is 7.89. The SMILES string of the molecule is CNC(/C=C\CSCC(C)Cc1ccccc1C(=O)NC(C)(C)C)=C/C(C)C(=O)NC(C)(C)C. The van der Waals surface area contributed by atoms with E-state index in [1.807, 2.05) is 97.6 Å². The van der Waals surface area contributed by atoms with Crippen molar-refractivity contribution in [2.75, 3.05) is 18.6 Å². The minimum atomic E-state index is -0.257. The van der Waals surface area contributed by atoms with Gasteiger partial charge in [-0.3, -0.25) is 9.59 Å². The Morgan fingerprint density at radius 3 is 2.21 bits per heavy atom. The van der Waals surface area contributed by atoms with Crippen LogP contribution in [0.15, 0.2) is 48.2 Å². The van der Waals surface area contributed by atoms with Crippen LogP contribution in [0, 0.1) is 11.8 Å². The summed E-state index contributed by atoms with van der Waals surface area (Å²) >= 11 is 1.87. The van der Waals surface area contributed by atoms with Crippen LogP contribution in [0.2, 0.25) is 0 Å². The molecule has 2 unspecified atom stereocenters. The van der Waals surface area contributed by atoms with Crippen LogP contribution in [0.25, 0.3) is 0 Å². The maximum atomic E-state index is 12.7. The lowest BCUT2D eigenvalue weighted by atomic mass is 9.96. The van der Waals surface area contributed by atoms with Crippen molar-refractivity contribution >= 4 is 23.6 Å². The third kappa shape index (κ3) is 12.3. The van der Waals surface area contributed by atoms with Gasteiger partial charge in [0, 0.05) is 35.1 Å². The van der Waals surface area contributed by atoms with E-state index in [0.29, 0.717) is 5.92 Å². The lowest BCUT2D eigenvalue weighted by molar-refractivity contribution is -0.124. The molecule has 190 valence electrons. The number of benzene rings is 1. The normalized spacial score (nSPS) is 14.6. The van der Waals surface area contributed by atoms with Gasteiger partial charge in [0.05, 0.1) is 5.92 Å². The molecule has 2 amide bonds. The van der Waals surface area contributed by atoms with Gasteiger partial charge in [0.1, 0.15) is 0 Å². The predicted molar refractivity (Wildman–Crippen MR) is 147 cm³/mol. The highest BCUT2D eigenvalue weighted by Crippen LogP contribution is 2.19. The first kappa shape index (κ1) is 29.8. The molecule has 5 nitrogen and oxygen atoms in total. The van der Waals surface area contributed by atoms with E-state index in [0.717, 1.165) is 34.8 Å². The quantitative estimate of drug-likeness (QED) is 0.291. The van der Waals surface area contributed by atoms with Crippen LogP contribution >= 0.6 is 11.8 Å². The number of carbonyl (C=O) groups excluding carboxylic acids is 2. The van der Waals surface area contributed by atoms with Crippen molar-refractivity contribution in [2.45, 2.75) is 72.9 Å². The molecule has 0 spiro atoms. The number of carbonyl (C=O) groups is 2. The number of rotatable bonds is 11. The van der Waals surface area contributed by atoms with Gasteiger partial charge in [-0.15, -0.1) is 0 Å². The Bertz CT molecular complexity index is 863. The van der Waals surface area contributed by atoms with Crippen molar-refractivity contribution in [1.82, 2.24) is 16.0 Å². The van der Waals surface area contributed by atoms with Gasteiger partial charge in [-0.05, 0) is 83.4 Å². The number of nitrogens with one attached hydrogen (secondary N) is 3. The average molecular weight is 488 g/mol. The molecule has 0 heterocycles. The molecule has 1 rings (SSSR count). The summed E-state index contributed by atoms with van der Waals surface area (Å²) in [7, 11) is 1.87. The minimum absolute atomic E-state index is 0.0114. The summed E-state index contributed by atoms with van der Waals surface area (Å²) in [4.78, 5) is 25.0. The molecule has 1 aromatic rings. The van der Waals surface area contributed by atoms with E-state index < -0.39 is 0 Å². The average Bonchev–Trinajstić information content (AvgIpc) is 2.70. The van der Waals surface area contributed by atoms with E-state index in [1.54, 1.807) is 0 Å². The zero-order valence-electron chi connectivity index (χ0n) is 22.5. The maximum Gasteiger partial charge on any atom is 0.251 e. The molecule has 0 aliphatic heterocycles. The summed E-state index contributed by atoms with van der Waals surface area (Å²) in [6.45, 7) is 16.1. The Morgan fingerprint density at radius 1 is 1.00 bits per heavy atom. The standard InChI is InChI=1S/C28H45N3O2S/c1-20(17-22-13-10-11-15-24(22)26(33)31-28(6,7)8)19-34-16-12-14-23(29-9)18-21(2)25(32)30-27(3,4)5/h10-15,18,20-21,29H,16-17,19H2,1-9H3,(H,30,32)(H,31,33)/b14-12-,23-18+.